The highest BCUT2D eigenvalue weighted by molar-refractivity contribution is 6.42. The second kappa shape index (κ2) is 6.29. The molecule has 20 heavy (non-hydrogen) atoms. The molecule has 0 bridgehead atoms. The lowest BCUT2D eigenvalue weighted by Crippen LogP contribution is -2.31. The molecule has 1 N–H and O–H groups in total. The van der Waals surface area contributed by atoms with Crippen LogP contribution in [0.15, 0.2) is 23.9 Å². The van der Waals surface area contributed by atoms with Gasteiger partial charge < -0.3 is 5.32 Å². The Balaban J connectivity index is 2.20. The molecular weight excluding hydrogens is 299 g/mol. The zero-order valence-electron chi connectivity index (χ0n) is 11.0. The van der Waals surface area contributed by atoms with Crippen LogP contribution in [-0.4, -0.2) is 23.4 Å². The van der Waals surface area contributed by atoms with E-state index in [0.717, 1.165) is 12.8 Å². The van der Waals surface area contributed by atoms with Crippen LogP contribution in [0.1, 0.15) is 25.3 Å². The summed E-state index contributed by atoms with van der Waals surface area (Å²) in [6.07, 6.45) is 3.30. The van der Waals surface area contributed by atoms with Gasteiger partial charge in [-0.2, -0.15) is 0 Å². The van der Waals surface area contributed by atoms with Crippen LogP contribution >= 0.6 is 23.2 Å². The third kappa shape index (κ3) is 3.14. The molecule has 1 heterocycles. The Morgan fingerprint density at radius 1 is 1.25 bits per heavy atom. The molecule has 0 radical (unpaired) electrons. The third-order valence-corrected chi connectivity index (χ3v) is 3.69. The fourth-order valence-electron chi connectivity index (χ4n) is 1.86. The molecule has 1 aliphatic heterocycles. The van der Waals surface area contributed by atoms with Gasteiger partial charge in [0.2, 0.25) is 0 Å². The number of urea groups is 1. The molecule has 1 saturated heterocycles. The smallest absolute Gasteiger partial charge is 0.303 e. The van der Waals surface area contributed by atoms with Crippen molar-refractivity contribution in [1.29, 1.82) is 0 Å². The SMILES string of the molecule is CCCCN1C(=O)NC(=Cc2ccc(Cl)c(Cl)c2)C1=O. The molecule has 4 nitrogen and oxygen atoms in total. The van der Waals surface area contributed by atoms with Crippen molar-refractivity contribution in [2.24, 2.45) is 0 Å². The maximum Gasteiger partial charge on any atom is 0.329 e. The molecule has 0 saturated carbocycles. The summed E-state index contributed by atoms with van der Waals surface area (Å²) in [4.78, 5) is 25.0. The van der Waals surface area contributed by atoms with Gasteiger partial charge >= 0.3 is 6.03 Å². The number of nitrogens with zero attached hydrogens (tertiary/aromatic N) is 1. The number of nitrogens with one attached hydrogen (secondary N) is 1. The third-order valence-electron chi connectivity index (χ3n) is 2.95. The van der Waals surface area contributed by atoms with E-state index in [2.05, 4.69) is 5.32 Å². The van der Waals surface area contributed by atoms with E-state index in [1.165, 1.54) is 4.90 Å². The maximum atomic E-state index is 12.1. The van der Waals surface area contributed by atoms with Crippen molar-refractivity contribution in [1.82, 2.24) is 10.2 Å². The molecule has 2 rings (SSSR count). The van der Waals surface area contributed by atoms with Crippen LogP contribution in [-0.2, 0) is 4.79 Å². The average molecular weight is 313 g/mol. The Kier molecular flexibility index (Phi) is 4.68. The molecule has 0 atom stereocenters. The van der Waals surface area contributed by atoms with E-state index in [1.54, 1.807) is 24.3 Å². The van der Waals surface area contributed by atoms with Crippen LogP contribution in [0.25, 0.3) is 6.08 Å². The highest BCUT2D eigenvalue weighted by Gasteiger charge is 2.32. The van der Waals surface area contributed by atoms with Gasteiger partial charge in [0.15, 0.2) is 0 Å². The lowest BCUT2D eigenvalue weighted by atomic mass is 10.2. The Morgan fingerprint density at radius 2 is 2.00 bits per heavy atom. The van der Waals surface area contributed by atoms with E-state index in [-0.39, 0.29) is 17.6 Å². The summed E-state index contributed by atoms with van der Waals surface area (Å²) in [5.41, 5.74) is 0.963. The molecule has 0 aromatic heterocycles. The van der Waals surface area contributed by atoms with E-state index < -0.39 is 0 Å². The predicted octanol–water partition coefficient (Wildman–Crippen LogP) is 3.69. The number of benzene rings is 1. The number of carbonyl (C=O) groups excluding carboxylic acids is 2. The number of rotatable bonds is 4. The number of hydrogen-bond acceptors (Lipinski definition) is 2. The monoisotopic (exact) mass is 312 g/mol. The molecule has 1 fully saturated rings. The van der Waals surface area contributed by atoms with E-state index in [0.29, 0.717) is 22.2 Å². The molecule has 1 aliphatic rings. The fraction of sp³-hybridized carbons (Fsp3) is 0.286. The summed E-state index contributed by atoms with van der Waals surface area (Å²) in [5.74, 6) is -0.311. The topological polar surface area (TPSA) is 49.4 Å². The van der Waals surface area contributed by atoms with Crippen molar-refractivity contribution in [3.63, 3.8) is 0 Å². The van der Waals surface area contributed by atoms with Gasteiger partial charge in [0.05, 0.1) is 10.0 Å². The molecular formula is C14H14Cl2N2O2. The number of imide groups is 1. The number of unbranched alkanes of at least 4 members (excludes halogenated alkanes) is 1. The van der Waals surface area contributed by atoms with Crippen LogP contribution in [0.5, 0.6) is 0 Å². The van der Waals surface area contributed by atoms with Crippen molar-refractivity contribution < 1.29 is 9.59 Å². The molecule has 0 spiro atoms. The zero-order chi connectivity index (χ0) is 14.7. The van der Waals surface area contributed by atoms with Crippen molar-refractivity contribution in [3.8, 4) is 0 Å². The zero-order valence-corrected chi connectivity index (χ0v) is 12.5. The van der Waals surface area contributed by atoms with Gasteiger partial charge in [-0.05, 0) is 30.2 Å². The van der Waals surface area contributed by atoms with Gasteiger partial charge in [-0.25, -0.2) is 4.79 Å². The van der Waals surface area contributed by atoms with E-state index >= 15 is 0 Å². The highest BCUT2D eigenvalue weighted by Crippen LogP contribution is 2.24. The van der Waals surface area contributed by atoms with Gasteiger partial charge in [-0.1, -0.05) is 42.6 Å². The lowest BCUT2D eigenvalue weighted by Gasteiger charge is -2.09. The van der Waals surface area contributed by atoms with Gasteiger partial charge in [-0.3, -0.25) is 9.69 Å². The fourth-order valence-corrected chi connectivity index (χ4v) is 2.17. The Labute approximate surface area is 127 Å². The summed E-state index contributed by atoms with van der Waals surface area (Å²) < 4.78 is 0. The molecule has 0 aliphatic carbocycles. The number of amides is 3. The first kappa shape index (κ1) is 14.9. The highest BCUT2D eigenvalue weighted by atomic mass is 35.5. The number of halogens is 2. The average Bonchev–Trinajstić information content (AvgIpc) is 2.67. The van der Waals surface area contributed by atoms with Gasteiger partial charge in [-0.15, -0.1) is 0 Å². The molecule has 1 aromatic rings. The quantitative estimate of drug-likeness (QED) is 0.681. The normalized spacial score (nSPS) is 16.9. The van der Waals surface area contributed by atoms with Crippen molar-refractivity contribution in [2.45, 2.75) is 19.8 Å². The molecule has 1 aromatic carbocycles. The standard InChI is InChI=1S/C14H14Cl2N2O2/c1-2-3-6-18-13(19)12(17-14(18)20)8-9-4-5-10(15)11(16)7-9/h4-5,7-8H,2-3,6H2,1H3,(H,17,20). The molecule has 0 unspecified atom stereocenters. The van der Waals surface area contributed by atoms with E-state index in [4.69, 9.17) is 23.2 Å². The minimum Gasteiger partial charge on any atom is -0.303 e. The number of carbonyl (C=O) groups is 2. The van der Waals surface area contributed by atoms with Crippen LogP contribution in [0.2, 0.25) is 10.0 Å². The van der Waals surface area contributed by atoms with Crippen molar-refractivity contribution in [2.75, 3.05) is 6.54 Å². The van der Waals surface area contributed by atoms with Crippen LogP contribution < -0.4 is 5.32 Å². The summed E-state index contributed by atoms with van der Waals surface area (Å²) in [6, 6.07) is 4.64. The Bertz CT molecular complexity index is 585. The maximum absolute atomic E-state index is 12.1. The second-order valence-electron chi connectivity index (χ2n) is 4.47. The van der Waals surface area contributed by atoms with Crippen molar-refractivity contribution >= 4 is 41.2 Å². The van der Waals surface area contributed by atoms with Gasteiger partial charge in [0.1, 0.15) is 5.70 Å². The molecule has 106 valence electrons. The largest absolute Gasteiger partial charge is 0.329 e. The summed E-state index contributed by atoms with van der Waals surface area (Å²) >= 11 is 11.7. The Hall–Kier alpha value is -1.52. The first-order chi connectivity index (χ1) is 9.52. The van der Waals surface area contributed by atoms with Gasteiger partial charge in [0.25, 0.3) is 5.91 Å². The predicted molar refractivity (Wildman–Crippen MR) is 79.6 cm³/mol. The molecule has 3 amide bonds. The van der Waals surface area contributed by atoms with Crippen LogP contribution in [0.3, 0.4) is 0 Å². The molecule has 6 heteroatoms. The van der Waals surface area contributed by atoms with Crippen molar-refractivity contribution in [3.05, 3.63) is 39.5 Å². The second-order valence-corrected chi connectivity index (χ2v) is 5.29. The minimum absolute atomic E-state index is 0.254. The van der Waals surface area contributed by atoms with E-state index in [9.17, 15) is 9.59 Å². The summed E-state index contributed by atoms with van der Waals surface area (Å²) in [5, 5.41) is 3.42. The first-order valence-electron chi connectivity index (χ1n) is 6.32. The summed E-state index contributed by atoms with van der Waals surface area (Å²) in [7, 11) is 0. The van der Waals surface area contributed by atoms with Crippen LogP contribution in [0.4, 0.5) is 4.79 Å². The first-order valence-corrected chi connectivity index (χ1v) is 7.08. The summed E-state index contributed by atoms with van der Waals surface area (Å²) in [6.45, 7) is 2.44. The lowest BCUT2D eigenvalue weighted by molar-refractivity contribution is -0.122. The minimum atomic E-state index is -0.380. The van der Waals surface area contributed by atoms with E-state index in [1.807, 2.05) is 6.92 Å². The van der Waals surface area contributed by atoms with Gasteiger partial charge in [0, 0.05) is 6.54 Å². The Morgan fingerprint density at radius 3 is 2.65 bits per heavy atom. The number of hydrogen-bond donors (Lipinski definition) is 1. The van der Waals surface area contributed by atoms with Crippen LogP contribution in [0, 0.1) is 0 Å².